The van der Waals surface area contributed by atoms with Gasteiger partial charge in [0.15, 0.2) is 11.0 Å². The van der Waals surface area contributed by atoms with E-state index in [0.29, 0.717) is 0 Å². The summed E-state index contributed by atoms with van der Waals surface area (Å²) in [7, 11) is 0. The van der Waals surface area contributed by atoms with Crippen molar-refractivity contribution >= 4 is 28.6 Å². The van der Waals surface area contributed by atoms with E-state index in [4.69, 9.17) is 0 Å². The zero-order chi connectivity index (χ0) is 24.5. The third-order valence-electron chi connectivity index (χ3n) is 6.69. The van der Waals surface area contributed by atoms with Gasteiger partial charge in [-0.25, -0.2) is 0 Å². The zero-order valence-electron chi connectivity index (χ0n) is 20.1. The third kappa shape index (κ3) is 4.31. The van der Waals surface area contributed by atoms with Crippen molar-refractivity contribution in [3.63, 3.8) is 0 Å². The van der Waals surface area contributed by atoms with Crippen LogP contribution in [-0.4, -0.2) is 43.6 Å². The number of amides is 1. The summed E-state index contributed by atoms with van der Waals surface area (Å²) in [6.07, 6.45) is 4.21. The molecular weight excluding hydrogens is 466 g/mol. The molecule has 1 amide bonds. The molecule has 1 saturated heterocycles. The van der Waals surface area contributed by atoms with Gasteiger partial charge in [0.25, 0.3) is 5.91 Å². The minimum absolute atomic E-state index is 0.134. The lowest BCUT2D eigenvalue weighted by molar-refractivity contribution is 0.0793. The second kappa shape index (κ2) is 9.66. The normalized spacial score (nSPS) is 13.5. The predicted molar refractivity (Wildman–Crippen MR) is 145 cm³/mol. The molecule has 1 fully saturated rings. The highest BCUT2D eigenvalue weighted by Crippen LogP contribution is 2.33. The number of benzene rings is 3. The van der Waals surface area contributed by atoms with Crippen LogP contribution in [0, 0.1) is 6.92 Å². The van der Waals surface area contributed by atoms with Crippen LogP contribution >= 0.6 is 11.8 Å². The minimum atomic E-state index is 0.134. The molecule has 36 heavy (non-hydrogen) atoms. The lowest BCUT2D eigenvalue weighted by Crippen LogP contribution is -2.27. The van der Waals surface area contributed by atoms with Crippen LogP contribution in [0.3, 0.4) is 0 Å². The molecule has 3 heterocycles. The number of hydrogen-bond donors (Lipinski definition) is 1. The van der Waals surface area contributed by atoms with Gasteiger partial charge in [-0.15, -0.1) is 10.2 Å². The van der Waals surface area contributed by atoms with E-state index in [0.717, 1.165) is 75.9 Å². The number of para-hydroxylation sites is 1. The second-order valence-corrected chi connectivity index (χ2v) is 10.2. The molecule has 3 aromatic carbocycles. The maximum Gasteiger partial charge on any atom is 0.253 e. The van der Waals surface area contributed by atoms with Crippen molar-refractivity contribution in [2.24, 2.45) is 0 Å². The molecule has 0 atom stereocenters. The second-order valence-electron chi connectivity index (χ2n) is 9.21. The van der Waals surface area contributed by atoms with E-state index in [9.17, 15) is 4.79 Å². The van der Waals surface area contributed by atoms with Gasteiger partial charge in [0, 0.05) is 52.8 Å². The van der Waals surface area contributed by atoms with Gasteiger partial charge in [-0.2, -0.15) is 0 Å². The van der Waals surface area contributed by atoms with E-state index < -0.39 is 0 Å². The van der Waals surface area contributed by atoms with E-state index in [-0.39, 0.29) is 5.91 Å². The summed E-state index contributed by atoms with van der Waals surface area (Å²) in [6, 6.07) is 24.6. The Labute approximate surface area is 214 Å². The number of carbonyl (C=O) groups excluding carboxylic acids is 1. The lowest BCUT2D eigenvalue weighted by Gasteiger charge is -2.15. The monoisotopic (exact) mass is 493 g/mol. The number of thioether (sulfide) groups is 1. The fourth-order valence-electron chi connectivity index (χ4n) is 4.79. The molecule has 6 nitrogen and oxygen atoms in total. The summed E-state index contributed by atoms with van der Waals surface area (Å²) in [5.74, 6) is 1.68. The highest BCUT2D eigenvalue weighted by atomic mass is 32.2. The Morgan fingerprint density at radius 1 is 0.972 bits per heavy atom. The molecule has 2 aromatic heterocycles. The number of carbonyl (C=O) groups is 1. The Morgan fingerprint density at radius 2 is 1.78 bits per heavy atom. The molecule has 0 unspecified atom stereocenters. The van der Waals surface area contributed by atoms with Gasteiger partial charge in [0.1, 0.15) is 0 Å². The molecule has 7 heteroatoms. The van der Waals surface area contributed by atoms with Crippen LogP contribution in [-0.2, 0) is 5.75 Å². The van der Waals surface area contributed by atoms with Crippen molar-refractivity contribution in [1.29, 1.82) is 0 Å². The van der Waals surface area contributed by atoms with E-state index in [1.807, 2.05) is 47.5 Å². The van der Waals surface area contributed by atoms with Crippen molar-refractivity contribution in [2.45, 2.75) is 30.7 Å². The number of nitrogens with zero attached hydrogens (tertiary/aromatic N) is 4. The van der Waals surface area contributed by atoms with Crippen LogP contribution in [0.25, 0.3) is 28.0 Å². The highest BCUT2D eigenvalue weighted by molar-refractivity contribution is 7.98. The van der Waals surface area contributed by atoms with Crippen LogP contribution in [0.4, 0.5) is 0 Å². The van der Waals surface area contributed by atoms with Crippen molar-refractivity contribution in [3.8, 4) is 17.1 Å². The first-order valence-electron chi connectivity index (χ1n) is 12.3. The van der Waals surface area contributed by atoms with Crippen LogP contribution in [0.1, 0.15) is 34.3 Å². The van der Waals surface area contributed by atoms with Gasteiger partial charge in [0.05, 0.1) is 0 Å². The van der Waals surface area contributed by atoms with Gasteiger partial charge in [-0.3, -0.25) is 9.36 Å². The molecule has 0 spiro atoms. The molecule has 0 saturated carbocycles. The maximum atomic E-state index is 12.7. The summed E-state index contributed by atoms with van der Waals surface area (Å²) in [6.45, 7) is 3.82. The van der Waals surface area contributed by atoms with Gasteiger partial charge in [-0.1, -0.05) is 54.2 Å². The molecule has 1 N–H and O–H groups in total. The Hall–Kier alpha value is -3.84. The van der Waals surface area contributed by atoms with Crippen LogP contribution in [0.15, 0.2) is 84.1 Å². The first kappa shape index (κ1) is 22.6. The minimum Gasteiger partial charge on any atom is -0.360 e. The standard InChI is InChI=1S/C29H27N5OS/c1-20-7-6-8-23(17-20)34-27(25-18-30-26-10-3-2-9-24(25)26)31-32-29(34)36-19-21-11-13-22(14-12-21)28(35)33-15-4-5-16-33/h2-3,6-14,17-18,30H,4-5,15-16,19H2,1H3. The molecule has 0 aliphatic carbocycles. The van der Waals surface area contributed by atoms with E-state index in [2.05, 4.69) is 63.1 Å². The Balaban J connectivity index is 1.30. The number of nitrogens with one attached hydrogen (secondary N) is 1. The largest absolute Gasteiger partial charge is 0.360 e. The number of aryl methyl sites for hydroxylation is 1. The van der Waals surface area contributed by atoms with Gasteiger partial charge >= 0.3 is 0 Å². The maximum absolute atomic E-state index is 12.7. The number of H-pyrrole nitrogens is 1. The quantitative estimate of drug-likeness (QED) is 0.284. The van der Waals surface area contributed by atoms with Gasteiger partial charge in [0.2, 0.25) is 0 Å². The summed E-state index contributed by atoms with van der Waals surface area (Å²) < 4.78 is 2.14. The first-order valence-corrected chi connectivity index (χ1v) is 13.3. The fraction of sp³-hybridized carbons (Fsp3) is 0.207. The van der Waals surface area contributed by atoms with E-state index >= 15 is 0 Å². The number of aromatic nitrogens is 4. The molecule has 0 bridgehead atoms. The van der Waals surface area contributed by atoms with Gasteiger partial charge < -0.3 is 9.88 Å². The lowest BCUT2D eigenvalue weighted by atomic mass is 10.1. The van der Waals surface area contributed by atoms with Crippen molar-refractivity contribution in [1.82, 2.24) is 24.6 Å². The van der Waals surface area contributed by atoms with Crippen LogP contribution < -0.4 is 0 Å². The Morgan fingerprint density at radius 3 is 2.58 bits per heavy atom. The summed E-state index contributed by atoms with van der Waals surface area (Å²) in [5.41, 5.74) is 6.22. The number of likely N-dealkylation sites (tertiary alicyclic amines) is 1. The van der Waals surface area contributed by atoms with Crippen LogP contribution in [0.5, 0.6) is 0 Å². The topological polar surface area (TPSA) is 66.8 Å². The molecule has 5 aromatic rings. The Kier molecular flexibility index (Phi) is 6.07. The number of aromatic amines is 1. The molecular formula is C29H27N5OS. The average Bonchev–Trinajstić information content (AvgIpc) is 3.67. The van der Waals surface area contributed by atoms with Crippen molar-refractivity contribution < 1.29 is 4.79 Å². The van der Waals surface area contributed by atoms with Gasteiger partial charge in [-0.05, 0) is 61.2 Å². The summed E-state index contributed by atoms with van der Waals surface area (Å²) in [4.78, 5) is 18.0. The van der Waals surface area contributed by atoms with Crippen molar-refractivity contribution in [3.05, 3.63) is 95.7 Å². The molecule has 1 aliphatic rings. The van der Waals surface area contributed by atoms with E-state index in [1.54, 1.807) is 11.8 Å². The Bertz CT molecular complexity index is 1530. The smallest absolute Gasteiger partial charge is 0.253 e. The first-order chi connectivity index (χ1) is 17.7. The SMILES string of the molecule is Cc1cccc(-n2c(SCc3ccc(C(=O)N4CCCC4)cc3)nnc2-c2c[nH]c3ccccc23)c1. The third-order valence-corrected chi connectivity index (χ3v) is 7.69. The number of hydrogen-bond acceptors (Lipinski definition) is 4. The summed E-state index contributed by atoms with van der Waals surface area (Å²) in [5, 5.41) is 11.2. The molecule has 1 aliphatic heterocycles. The summed E-state index contributed by atoms with van der Waals surface area (Å²) >= 11 is 1.65. The zero-order valence-corrected chi connectivity index (χ0v) is 21.0. The number of rotatable bonds is 6. The average molecular weight is 494 g/mol. The molecule has 6 rings (SSSR count). The molecule has 0 radical (unpaired) electrons. The predicted octanol–water partition coefficient (Wildman–Crippen LogP) is 6.25. The number of fused-ring (bicyclic) bond motifs is 1. The van der Waals surface area contributed by atoms with Crippen molar-refractivity contribution in [2.75, 3.05) is 13.1 Å². The molecule has 180 valence electrons. The fourth-order valence-corrected chi connectivity index (χ4v) is 5.70. The van der Waals surface area contributed by atoms with Crippen LogP contribution in [0.2, 0.25) is 0 Å². The van der Waals surface area contributed by atoms with E-state index in [1.165, 1.54) is 5.56 Å². The highest BCUT2D eigenvalue weighted by Gasteiger charge is 2.21.